The van der Waals surface area contributed by atoms with E-state index in [9.17, 15) is 13.2 Å². The molecule has 1 aromatic rings. The maximum Gasteiger partial charge on any atom is 0.331 e. The van der Waals surface area contributed by atoms with E-state index in [0.717, 1.165) is 18.4 Å². The summed E-state index contributed by atoms with van der Waals surface area (Å²) in [5.74, 6) is 0.353. The van der Waals surface area contributed by atoms with Gasteiger partial charge >= 0.3 is 6.03 Å². The third-order valence-corrected chi connectivity index (χ3v) is 5.11. The largest absolute Gasteiger partial charge is 0.381 e. The molecule has 6 nitrogen and oxygen atoms in total. The van der Waals surface area contributed by atoms with Crippen molar-refractivity contribution in [2.24, 2.45) is 5.92 Å². The molecule has 2 rings (SSSR count). The summed E-state index contributed by atoms with van der Waals surface area (Å²) in [6, 6.07) is 5.77. The SMILES string of the molecule is Cc1ccc(S(=O)(=O)NC(=O)N(C)CC2CCOCC2)cc1. The highest BCUT2D eigenvalue weighted by Crippen LogP contribution is 2.16. The van der Waals surface area contributed by atoms with Crippen molar-refractivity contribution in [2.45, 2.75) is 24.7 Å². The summed E-state index contributed by atoms with van der Waals surface area (Å²) >= 11 is 0. The quantitative estimate of drug-likeness (QED) is 0.914. The Bertz CT molecular complexity index is 607. The van der Waals surface area contributed by atoms with Crippen LogP contribution in [0.25, 0.3) is 0 Å². The summed E-state index contributed by atoms with van der Waals surface area (Å²) in [5, 5.41) is 0. The maximum atomic E-state index is 12.2. The third-order valence-electron chi connectivity index (χ3n) is 3.77. The third kappa shape index (κ3) is 4.45. The molecule has 0 radical (unpaired) electrons. The summed E-state index contributed by atoms with van der Waals surface area (Å²) in [6.07, 6.45) is 1.78. The van der Waals surface area contributed by atoms with E-state index in [0.29, 0.717) is 25.7 Å². The zero-order chi connectivity index (χ0) is 16.2. The molecule has 122 valence electrons. The number of urea groups is 1. The fraction of sp³-hybridized carbons (Fsp3) is 0.533. The number of hydrogen-bond donors (Lipinski definition) is 1. The van der Waals surface area contributed by atoms with Crippen molar-refractivity contribution in [3.63, 3.8) is 0 Å². The Morgan fingerprint density at radius 2 is 1.86 bits per heavy atom. The van der Waals surface area contributed by atoms with E-state index >= 15 is 0 Å². The van der Waals surface area contributed by atoms with Crippen molar-refractivity contribution in [3.8, 4) is 0 Å². The van der Waals surface area contributed by atoms with Crippen LogP contribution in [0.15, 0.2) is 29.2 Å². The lowest BCUT2D eigenvalue weighted by molar-refractivity contribution is 0.0589. The van der Waals surface area contributed by atoms with Crippen LogP contribution in [0.3, 0.4) is 0 Å². The molecule has 0 spiro atoms. The smallest absolute Gasteiger partial charge is 0.331 e. The van der Waals surface area contributed by atoms with Gasteiger partial charge in [-0.25, -0.2) is 17.9 Å². The van der Waals surface area contributed by atoms with Gasteiger partial charge in [0, 0.05) is 26.8 Å². The second-order valence-corrected chi connectivity index (χ2v) is 7.34. The topological polar surface area (TPSA) is 75.7 Å². The first-order valence-electron chi connectivity index (χ1n) is 7.31. The van der Waals surface area contributed by atoms with Gasteiger partial charge in [0.05, 0.1) is 4.90 Å². The van der Waals surface area contributed by atoms with E-state index in [4.69, 9.17) is 4.74 Å². The van der Waals surface area contributed by atoms with Crippen LogP contribution in [0.1, 0.15) is 18.4 Å². The average Bonchev–Trinajstić information content (AvgIpc) is 2.48. The molecule has 7 heteroatoms. The summed E-state index contributed by atoms with van der Waals surface area (Å²) in [4.78, 5) is 13.6. The van der Waals surface area contributed by atoms with Crippen molar-refractivity contribution in [2.75, 3.05) is 26.8 Å². The van der Waals surface area contributed by atoms with E-state index in [2.05, 4.69) is 4.72 Å². The Kier molecular flexibility index (Phi) is 5.42. The molecule has 0 aliphatic carbocycles. The number of carbonyl (C=O) groups excluding carboxylic acids is 1. The molecule has 1 aromatic carbocycles. The predicted octanol–water partition coefficient (Wildman–Crippen LogP) is 1.75. The normalized spacial score (nSPS) is 16.3. The van der Waals surface area contributed by atoms with Gasteiger partial charge in [0.1, 0.15) is 0 Å². The molecular weight excluding hydrogens is 304 g/mol. The zero-order valence-electron chi connectivity index (χ0n) is 12.9. The highest BCUT2D eigenvalue weighted by Gasteiger charge is 2.23. The van der Waals surface area contributed by atoms with Gasteiger partial charge in [0.15, 0.2) is 0 Å². The first kappa shape index (κ1) is 16.8. The van der Waals surface area contributed by atoms with Gasteiger partial charge in [0.2, 0.25) is 0 Å². The van der Waals surface area contributed by atoms with Gasteiger partial charge in [-0.05, 0) is 37.8 Å². The standard InChI is InChI=1S/C15H22N2O4S/c1-12-3-5-14(6-4-12)22(19,20)16-15(18)17(2)11-13-7-9-21-10-8-13/h3-6,13H,7-11H2,1-2H3,(H,16,18). The zero-order valence-corrected chi connectivity index (χ0v) is 13.7. The van der Waals surface area contributed by atoms with E-state index in [1.807, 2.05) is 6.92 Å². The Balaban J connectivity index is 1.96. The van der Waals surface area contributed by atoms with Crippen molar-refractivity contribution in [3.05, 3.63) is 29.8 Å². The highest BCUT2D eigenvalue weighted by atomic mass is 32.2. The number of hydrogen-bond acceptors (Lipinski definition) is 4. The average molecular weight is 326 g/mol. The lowest BCUT2D eigenvalue weighted by Crippen LogP contribution is -2.43. The van der Waals surface area contributed by atoms with Crippen LogP contribution >= 0.6 is 0 Å². The molecule has 1 aliphatic rings. The van der Waals surface area contributed by atoms with Crippen LogP contribution in [0.4, 0.5) is 4.79 Å². The molecule has 0 saturated carbocycles. The van der Waals surface area contributed by atoms with Gasteiger partial charge in [-0.1, -0.05) is 17.7 Å². The molecule has 0 unspecified atom stereocenters. The first-order valence-corrected chi connectivity index (χ1v) is 8.79. The number of sulfonamides is 1. The van der Waals surface area contributed by atoms with Gasteiger partial charge in [-0.2, -0.15) is 0 Å². The monoisotopic (exact) mass is 326 g/mol. The number of amides is 2. The van der Waals surface area contributed by atoms with E-state index in [1.54, 1.807) is 19.2 Å². The molecule has 1 fully saturated rings. The van der Waals surface area contributed by atoms with Crippen LogP contribution in [0.5, 0.6) is 0 Å². The maximum absolute atomic E-state index is 12.2. The Hall–Kier alpha value is -1.60. The van der Waals surface area contributed by atoms with Crippen molar-refractivity contribution >= 4 is 16.1 Å². The Morgan fingerprint density at radius 3 is 2.45 bits per heavy atom. The lowest BCUT2D eigenvalue weighted by Gasteiger charge is -2.27. The molecule has 1 heterocycles. The van der Waals surface area contributed by atoms with Crippen LogP contribution in [0, 0.1) is 12.8 Å². The van der Waals surface area contributed by atoms with E-state index in [1.165, 1.54) is 17.0 Å². The number of rotatable bonds is 4. The molecule has 22 heavy (non-hydrogen) atoms. The van der Waals surface area contributed by atoms with Gasteiger partial charge in [-0.3, -0.25) is 0 Å². The second-order valence-electron chi connectivity index (χ2n) is 5.66. The van der Waals surface area contributed by atoms with Gasteiger partial charge in [-0.15, -0.1) is 0 Å². The Labute approximate surface area is 131 Å². The molecule has 0 aromatic heterocycles. The lowest BCUT2D eigenvalue weighted by atomic mass is 10.0. The minimum Gasteiger partial charge on any atom is -0.381 e. The molecule has 0 bridgehead atoms. The van der Waals surface area contributed by atoms with Crippen molar-refractivity contribution < 1.29 is 17.9 Å². The minimum absolute atomic E-state index is 0.0888. The fourth-order valence-corrected chi connectivity index (χ4v) is 3.37. The van der Waals surface area contributed by atoms with Crippen LogP contribution in [-0.4, -0.2) is 46.2 Å². The summed E-state index contributed by atoms with van der Waals surface area (Å²) < 4.78 is 31.7. The molecule has 2 amide bonds. The van der Waals surface area contributed by atoms with Crippen molar-refractivity contribution in [1.82, 2.24) is 9.62 Å². The Morgan fingerprint density at radius 1 is 1.27 bits per heavy atom. The van der Waals surface area contributed by atoms with Gasteiger partial charge in [0.25, 0.3) is 10.0 Å². The first-order chi connectivity index (χ1) is 10.4. The number of ether oxygens (including phenoxy) is 1. The summed E-state index contributed by atoms with van der Waals surface area (Å²) in [5.41, 5.74) is 0.960. The summed E-state index contributed by atoms with van der Waals surface area (Å²) in [6.45, 7) is 3.79. The molecule has 0 atom stereocenters. The van der Waals surface area contributed by atoms with Gasteiger partial charge < -0.3 is 9.64 Å². The van der Waals surface area contributed by atoms with E-state index < -0.39 is 16.1 Å². The number of benzene rings is 1. The summed E-state index contributed by atoms with van der Waals surface area (Å²) in [7, 11) is -2.22. The molecular formula is C15H22N2O4S. The van der Waals surface area contributed by atoms with Crippen LogP contribution in [-0.2, 0) is 14.8 Å². The number of aryl methyl sites for hydroxylation is 1. The highest BCUT2D eigenvalue weighted by molar-refractivity contribution is 7.90. The van der Waals surface area contributed by atoms with Crippen molar-refractivity contribution in [1.29, 1.82) is 0 Å². The minimum atomic E-state index is -3.83. The molecule has 1 N–H and O–H groups in total. The second kappa shape index (κ2) is 7.11. The predicted molar refractivity (Wildman–Crippen MR) is 83.1 cm³/mol. The number of carbonyl (C=O) groups is 1. The molecule has 1 saturated heterocycles. The number of nitrogens with zero attached hydrogens (tertiary/aromatic N) is 1. The van der Waals surface area contributed by atoms with Crippen LogP contribution in [0.2, 0.25) is 0 Å². The molecule has 1 aliphatic heterocycles. The van der Waals surface area contributed by atoms with E-state index in [-0.39, 0.29) is 4.90 Å². The van der Waals surface area contributed by atoms with Crippen LogP contribution < -0.4 is 4.72 Å². The fourth-order valence-electron chi connectivity index (χ4n) is 2.37. The number of nitrogens with one attached hydrogen (secondary N) is 1.